The molecule has 0 fully saturated rings. The second kappa shape index (κ2) is 6.86. The molecule has 0 amide bonds. The first kappa shape index (κ1) is 15.0. The highest BCUT2D eigenvalue weighted by atomic mass is 35.5. The third-order valence-electron chi connectivity index (χ3n) is 3.44. The highest BCUT2D eigenvalue weighted by molar-refractivity contribution is 6.31. The molecule has 0 spiro atoms. The molecule has 20 heavy (non-hydrogen) atoms. The molecule has 2 rings (SSSR count). The van der Waals surface area contributed by atoms with E-state index in [2.05, 4.69) is 35.3 Å². The van der Waals surface area contributed by atoms with Gasteiger partial charge in [-0.1, -0.05) is 25.4 Å². The molecule has 0 aliphatic rings. The lowest BCUT2D eigenvalue weighted by Gasteiger charge is -2.22. The summed E-state index contributed by atoms with van der Waals surface area (Å²) in [6.45, 7) is 5.22. The van der Waals surface area contributed by atoms with Crippen molar-refractivity contribution < 1.29 is 0 Å². The van der Waals surface area contributed by atoms with E-state index in [4.69, 9.17) is 11.6 Å². The Labute approximate surface area is 125 Å². The lowest BCUT2D eigenvalue weighted by Crippen LogP contribution is -2.26. The highest BCUT2D eigenvalue weighted by Gasteiger charge is 2.22. The van der Waals surface area contributed by atoms with Crippen LogP contribution in [0.2, 0.25) is 5.02 Å². The number of nitrogens with one attached hydrogen (secondary N) is 1. The SMILES string of the molecule is CCCNC(c1ccncc1CC)c1c(Cl)cnn1C. The molecule has 0 bridgehead atoms. The molecule has 2 heterocycles. The van der Waals surface area contributed by atoms with Crippen molar-refractivity contribution >= 4 is 11.6 Å². The molecule has 0 aliphatic carbocycles. The van der Waals surface area contributed by atoms with Gasteiger partial charge in [-0.05, 0) is 36.6 Å². The molecule has 1 atom stereocenters. The fraction of sp³-hybridized carbons (Fsp3) is 0.467. The Balaban J connectivity index is 2.47. The Bertz CT molecular complexity index is 545. The van der Waals surface area contributed by atoms with Crippen LogP contribution in [0.5, 0.6) is 0 Å². The van der Waals surface area contributed by atoms with Crippen molar-refractivity contribution in [2.75, 3.05) is 6.54 Å². The van der Waals surface area contributed by atoms with E-state index in [1.54, 1.807) is 6.20 Å². The number of rotatable bonds is 6. The fourth-order valence-electron chi connectivity index (χ4n) is 2.40. The second-order valence-corrected chi connectivity index (χ2v) is 5.22. The maximum Gasteiger partial charge on any atom is 0.0837 e. The Morgan fingerprint density at radius 1 is 1.35 bits per heavy atom. The average molecular weight is 293 g/mol. The third-order valence-corrected chi connectivity index (χ3v) is 3.73. The van der Waals surface area contributed by atoms with Crippen LogP contribution in [0.25, 0.3) is 0 Å². The molecule has 2 aromatic heterocycles. The van der Waals surface area contributed by atoms with Crippen molar-refractivity contribution in [2.24, 2.45) is 7.05 Å². The van der Waals surface area contributed by atoms with E-state index in [1.165, 1.54) is 11.1 Å². The van der Waals surface area contributed by atoms with Gasteiger partial charge in [0.1, 0.15) is 0 Å². The van der Waals surface area contributed by atoms with Gasteiger partial charge in [0.05, 0.1) is 23.0 Å². The molecule has 0 radical (unpaired) electrons. The first-order valence-corrected chi connectivity index (χ1v) is 7.40. The molecule has 0 aliphatic heterocycles. The van der Waals surface area contributed by atoms with Gasteiger partial charge in [0, 0.05) is 19.4 Å². The molecule has 0 saturated heterocycles. The van der Waals surface area contributed by atoms with Crippen molar-refractivity contribution in [1.29, 1.82) is 0 Å². The van der Waals surface area contributed by atoms with Crippen LogP contribution in [-0.2, 0) is 13.5 Å². The van der Waals surface area contributed by atoms with Gasteiger partial charge in [0.15, 0.2) is 0 Å². The van der Waals surface area contributed by atoms with Gasteiger partial charge in [-0.2, -0.15) is 5.10 Å². The minimum Gasteiger partial charge on any atom is -0.305 e. The van der Waals surface area contributed by atoms with Crippen LogP contribution in [0.1, 0.15) is 43.1 Å². The van der Waals surface area contributed by atoms with Gasteiger partial charge in [0.2, 0.25) is 0 Å². The van der Waals surface area contributed by atoms with E-state index in [9.17, 15) is 0 Å². The zero-order valence-corrected chi connectivity index (χ0v) is 13.0. The summed E-state index contributed by atoms with van der Waals surface area (Å²) in [5.74, 6) is 0. The van der Waals surface area contributed by atoms with Gasteiger partial charge in [0.25, 0.3) is 0 Å². The zero-order valence-electron chi connectivity index (χ0n) is 12.2. The van der Waals surface area contributed by atoms with Crippen LogP contribution >= 0.6 is 11.6 Å². The molecule has 0 aromatic carbocycles. The standard InChI is InChI=1S/C15H21ClN4/c1-4-7-18-14(15-13(16)10-19-20(15)3)12-6-8-17-9-11(12)5-2/h6,8-10,14,18H,4-5,7H2,1-3H3. The van der Waals surface area contributed by atoms with E-state index < -0.39 is 0 Å². The van der Waals surface area contributed by atoms with Crippen molar-refractivity contribution in [3.8, 4) is 0 Å². The Morgan fingerprint density at radius 2 is 2.15 bits per heavy atom. The quantitative estimate of drug-likeness (QED) is 0.889. The number of pyridine rings is 1. The maximum atomic E-state index is 6.33. The van der Waals surface area contributed by atoms with Crippen LogP contribution < -0.4 is 5.32 Å². The smallest absolute Gasteiger partial charge is 0.0837 e. The van der Waals surface area contributed by atoms with Crippen molar-refractivity contribution in [1.82, 2.24) is 20.1 Å². The van der Waals surface area contributed by atoms with Gasteiger partial charge in [-0.3, -0.25) is 9.67 Å². The van der Waals surface area contributed by atoms with Crippen molar-refractivity contribution in [2.45, 2.75) is 32.7 Å². The largest absolute Gasteiger partial charge is 0.305 e. The Hall–Kier alpha value is -1.39. The molecule has 1 N–H and O–H groups in total. The van der Waals surface area contributed by atoms with E-state index in [1.807, 2.05) is 24.1 Å². The molecule has 4 nitrogen and oxygen atoms in total. The fourth-order valence-corrected chi connectivity index (χ4v) is 2.68. The summed E-state index contributed by atoms with van der Waals surface area (Å²) >= 11 is 6.33. The van der Waals surface area contributed by atoms with Gasteiger partial charge in [-0.15, -0.1) is 0 Å². The van der Waals surface area contributed by atoms with Crippen LogP contribution in [0.3, 0.4) is 0 Å². The third kappa shape index (κ3) is 3.02. The molecular formula is C15H21ClN4. The minimum atomic E-state index is 0.0490. The molecule has 0 saturated carbocycles. The van der Waals surface area contributed by atoms with Crippen LogP contribution in [0.4, 0.5) is 0 Å². The summed E-state index contributed by atoms with van der Waals surface area (Å²) in [7, 11) is 1.93. The molecular weight excluding hydrogens is 272 g/mol. The number of halogens is 1. The molecule has 108 valence electrons. The predicted molar refractivity (Wildman–Crippen MR) is 82.0 cm³/mol. The summed E-state index contributed by atoms with van der Waals surface area (Å²) in [6.07, 6.45) is 7.48. The molecule has 5 heteroatoms. The summed E-state index contributed by atoms with van der Waals surface area (Å²) in [6, 6.07) is 2.11. The number of hydrogen-bond donors (Lipinski definition) is 1. The number of nitrogens with zero attached hydrogens (tertiary/aromatic N) is 3. The zero-order chi connectivity index (χ0) is 14.5. The van der Waals surface area contributed by atoms with Crippen molar-refractivity contribution in [3.05, 3.63) is 46.5 Å². The first-order valence-electron chi connectivity index (χ1n) is 7.02. The highest BCUT2D eigenvalue weighted by Crippen LogP contribution is 2.29. The van der Waals surface area contributed by atoms with Crippen LogP contribution in [0, 0.1) is 0 Å². The lowest BCUT2D eigenvalue weighted by atomic mass is 9.98. The number of aryl methyl sites for hydroxylation is 2. The van der Waals surface area contributed by atoms with Gasteiger partial charge >= 0.3 is 0 Å². The minimum absolute atomic E-state index is 0.0490. The maximum absolute atomic E-state index is 6.33. The average Bonchev–Trinajstić information content (AvgIpc) is 2.80. The van der Waals surface area contributed by atoms with Crippen LogP contribution in [-0.4, -0.2) is 21.3 Å². The predicted octanol–water partition coefficient (Wildman–Crippen LogP) is 3.12. The monoisotopic (exact) mass is 292 g/mol. The number of hydrogen-bond acceptors (Lipinski definition) is 3. The van der Waals surface area contributed by atoms with Crippen LogP contribution in [0.15, 0.2) is 24.7 Å². The van der Waals surface area contributed by atoms with E-state index in [0.29, 0.717) is 5.02 Å². The van der Waals surface area contributed by atoms with E-state index >= 15 is 0 Å². The topological polar surface area (TPSA) is 42.7 Å². The summed E-state index contributed by atoms with van der Waals surface area (Å²) in [4.78, 5) is 4.22. The van der Waals surface area contributed by atoms with E-state index in [-0.39, 0.29) is 6.04 Å². The van der Waals surface area contributed by atoms with Gasteiger partial charge in [-0.25, -0.2) is 0 Å². The van der Waals surface area contributed by atoms with Gasteiger partial charge < -0.3 is 5.32 Å². The van der Waals surface area contributed by atoms with Crippen molar-refractivity contribution in [3.63, 3.8) is 0 Å². The Kier molecular flexibility index (Phi) is 5.15. The van der Waals surface area contributed by atoms with E-state index in [0.717, 1.165) is 25.1 Å². The normalized spacial score (nSPS) is 12.6. The second-order valence-electron chi connectivity index (χ2n) is 4.82. The first-order chi connectivity index (χ1) is 9.69. The molecule has 2 aromatic rings. The summed E-state index contributed by atoms with van der Waals surface area (Å²) in [5.41, 5.74) is 3.46. The number of aromatic nitrogens is 3. The Morgan fingerprint density at radius 3 is 2.75 bits per heavy atom. The summed E-state index contributed by atoms with van der Waals surface area (Å²) < 4.78 is 1.84. The summed E-state index contributed by atoms with van der Waals surface area (Å²) in [5, 5.41) is 8.52. The molecule has 1 unspecified atom stereocenters. The lowest BCUT2D eigenvalue weighted by molar-refractivity contribution is 0.550.